The number of hydrogen-bond donors (Lipinski definition) is 2. The number of anilines is 1. The predicted molar refractivity (Wildman–Crippen MR) is 134 cm³/mol. The highest BCUT2D eigenvalue weighted by Crippen LogP contribution is 2.42. The quantitative estimate of drug-likeness (QED) is 0.400. The predicted octanol–water partition coefficient (Wildman–Crippen LogP) is 6.07. The lowest BCUT2D eigenvalue weighted by molar-refractivity contribution is -0.153. The fraction of sp³-hybridized carbons (Fsp3) is 0.808. The van der Waals surface area contributed by atoms with Crippen LogP contribution in [-0.4, -0.2) is 29.0 Å². The first kappa shape index (κ1) is 26.1. The smallest absolute Gasteiger partial charge is 0.320 e. The zero-order chi connectivity index (χ0) is 23.7. The third-order valence-electron chi connectivity index (χ3n) is 7.00. The number of aromatic nitrogens is 1. The molecule has 3 rings (SSSR count). The average Bonchev–Trinajstić information content (AvgIpc) is 3.21. The van der Waals surface area contributed by atoms with Crippen LogP contribution in [0.4, 0.5) is 5.13 Å². The summed E-state index contributed by atoms with van der Waals surface area (Å²) >= 11 is 1.46. The maximum Gasteiger partial charge on any atom is 0.320 e. The Balaban J connectivity index is 1.42. The first-order valence-electron chi connectivity index (χ1n) is 13.0. The summed E-state index contributed by atoms with van der Waals surface area (Å²) in [5.41, 5.74) is -0.478. The minimum Gasteiger partial charge on any atom is -0.459 e. The van der Waals surface area contributed by atoms with E-state index in [4.69, 9.17) is 4.74 Å². The molecule has 186 valence electrons. The molecule has 1 aromatic heterocycles. The molecule has 0 unspecified atom stereocenters. The summed E-state index contributed by atoms with van der Waals surface area (Å²) in [6, 6.07) is 0. The largest absolute Gasteiger partial charge is 0.459 e. The van der Waals surface area contributed by atoms with Gasteiger partial charge in [-0.2, -0.15) is 0 Å². The standard InChI is InChI=1S/C26H43N3O3S/c1-26(2,3)32-24(31)18-27-16-21-17-28-25(33-21)29-23(30)15-14-22(19-10-6-4-7-11-19)20-12-8-5-9-13-20/h17,19-20,22,27H,4-16,18H2,1-3H3,(H,28,29,30). The van der Waals surface area contributed by atoms with Gasteiger partial charge < -0.3 is 15.4 Å². The van der Waals surface area contributed by atoms with Crippen molar-refractivity contribution in [2.24, 2.45) is 17.8 Å². The van der Waals surface area contributed by atoms with Crippen molar-refractivity contribution in [3.05, 3.63) is 11.1 Å². The molecule has 1 amide bonds. The van der Waals surface area contributed by atoms with E-state index in [9.17, 15) is 9.59 Å². The van der Waals surface area contributed by atoms with Gasteiger partial charge in [0.15, 0.2) is 5.13 Å². The van der Waals surface area contributed by atoms with Crippen LogP contribution < -0.4 is 10.6 Å². The third kappa shape index (κ3) is 9.36. The summed E-state index contributed by atoms with van der Waals surface area (Å²) in [6.45, 7) is 6.25. The second-order valence-electron chi connectivity index (χ2n) is 10.9. The van der Waals surface area contributed by atoms with Gasteiger partial charge in [-0.15, -0.1) is 11.3 Å². The molecule has 0 aromatic carbocycles. The number of thiazole rings is 1. The summed E-state index contributed by atoms with van der Waals surface area (Å²) in [6.07, 6.45) is 17.0. The van der Waals surface area contributed by atoms with Crippen LogP contribution in [0.15, 0.2) is 6.20 Å². The number of nitrogens with zero attached hydrogens (tertiary/aromatic N) is 1. The lowest BCUT2D eigenvalue weighted by Gasteiger charge is -2.38. The summed E-state index contributed by atoms with van der Waals surface area (Å²) in [4.78, 5) is 29.8. The van der Waals surface area contributed by atoms with Gasteiger partial charge in [0.1, 0.15) is 5.60 Å². The zero-order valence-corrected chi connectivity index (χ0v) is 21.6. The second kappa shape index (κ2) is 12.8. The molecule has 2 saturated carbocycles. The number of nitrogens with one attached hydrogen (secondary N) is 2. The number of rotatable bonds is 10. The van der Waals surface area contributed by atoms with Gasteiger partial charge in [-0.05, 0) is 44.9 Å². The molecule has 0 bridgehead atoms. The van der Waals surface area contributed by atoms with Crippen molar-refractivity contribution in [3.63, 3.8) is 0 Å². The van der Waals surface area contributed by atoms with Gasteiger partial charge in [0.05, 0.1) is 6.54 Å². The molecule has 2 aliphatic carbocycles. The SMILES string of the molecule is CC(C)(C)OC(=O)CNCc1cnc(NC(=O)CCC(C2CCCCC2)C2CCCCC2)s1. The number of esters is 1. The van der Waals surface area contributed by atoms with E-state index in [1.165, 1.54) is 75.5 Å². The highest BCUT2D eigenvalue weighted by atomic mass is 32.1. The topological polar surface area (TPSA) is 80.3 Å². The number of carbonyl (C=O) groups is 2. The molecule has 0 aliphatic heterocycles. The molecule has 2 fully saturated rings. The van der Waals surface area contributed by atoms with Crippen LogP contribution in [0.1, 0.15) is 103 Å². The normalized spacial score (nSPS) is 18.4. The molecule has 1 aromatic rings. The van der Waals surface area contributed by atoms with E-state index < -0.39 is 5.60 Å². The third-order valence-corrected chi connectivity index (χ3v) is 7.92. The lowest BCUT2D eigenvalue weighted by Crippen LogP contribution is -2.31. The lowest BCUT2D eigenvalue weighted by atomic mass is 9.68. The fourth-order valence-corrected chi connectivity index (χ4v) is 6.37. The number of hydrogen-bond acceptors (Lipinski definition) is 6. The molecular formula is C26H43N3O3S. The maximum absolute atomic E-state index is 12.7. The molecule has 1 heterocycles. The van der Waals surface area contributed by atoms with Crippen LogP contribution >= 0.6 is 11.3 Å². The molecule has 0 radical (unpaired) electrons. The van der Waals surface area contributed by atoms with Crippen molar-refractivity contribution in [2.45, 2.75) is 110 Å². The molecule has 0 atom stereocenters. The van der Waals surface area contributed by atoms with Crippen LogP contribution in [-0.2, 0) is 20.9 Å². The minimum absolute atomic E-state index is 0.0780. The van der Waals surface area contributed by atoms with Crippen molar-refractivity contribution in [1.29, 1.82) is 0 Å². The van der Waals surface area contributed by atoms with E-state index in [0.717, 1.165) is 23.1 Å². The summed E-state index contributed by atoms with van der Waals surface area (Å²) in [5, 5.41) is 6.73. The molecule has 6 nitrogen and oxygen atoms in total. The zero-order valence-electron chi connectivity index (χ0n) is 20.8. The Labute approximate surface area is 203 Å². The Morgan fingerprint density at radius 1 is 1.06 bits per heavy atom. The van der Waals surface area contributed by atoms with Crippen molar-refractivity contribution in [1.82, 2.24) is 10.3 Å². The molecule has 2 aliphatic rings. The van der Waals surface area contributed by atoms with Crippen LogP contribution in [0, 0.1) is 17.8 Å². The molecule has 33 heavy (non-hydrogen) atoms. The van der Waals surface area contributed by atoms with E-state index in [1.807, 2.05) is 20.8 Å². The Kier molecular flexibility index (Phi) is 10.2. The first-order chi connectivity index (χ1) is 15.8. The highest BCUT2D eigenvalue weighted by molar-refractivity contribution is 7.15. The monoisotopic (exact) mass is 477 g/mol. The Morgan fingerprint density at radius 3 is 2.24 bits per heavy atom. The average molecular weight is 478 g/mol. The number of ether oxygens (including phenoxy) is 1. The van der Waals surface area contributed by atoms with Gasteiger partial charge in [-0.3, -0.25) is 9.59 Å². The van der Waals surface area contributed by atoms with E-state index in [0.29, 0.717) is 24.0 Å². The molecular weight excluding hydrogens is 434 g/mol. The first-order valence-corrected chi connectivity index (χ1v) is 13.8. The van der Waals surface area contributed by atoms with Gasteiger partial charge >= 0.3 is 5.97 Å². The van der Waals surface area contributed by atoms with E-state index in [-0.39, 0.29) is 18.4 Å². The van der Waals surface area contributed by atoms with E-state index in [2.05, 4.69) is 15.6 Å². The van der Waals surface area contributed by atoms with Crippen molar-refractivity contribution >= 4 is 28.3 Å². The van der Waals surface area contributed by atoms with Gasteiger partial charge in [-0.25, -0.2) is 4.98 Å². The summed E-state index contributed by atoms with van der Waals surface area (Å²) in [7, 11) is 0. The fourth-order valence-electron chi connectivity index (χ4n) is 5.57. The Bertz CT molecular complexity index is 728. The van der Waals surface area contributed by atoms with Gasteiger partial charge in [0.2, 0.25) is 5.91 Å². The van der Waals surface area contributed by atoms with Crippen LogP contribution in [0.2, 0.25) is 0 Å². The molecule has 2 N–H and O–H groups in total. The van der Waals surface area contributed by atoms with Crippen molar-refractivity contribution in [3.8, 4) is 0 Å². The second-order valence-corrected chi connectivity index (χ2v) is 12.0. The van der Waals surface area contributed by atoms with E-state index in [1.54, 1.807) is 6.20 Å². The van der Waals surface area contributed by atoms with Crippen LogP contribution in [0.25, 0.3) is 0 Å². The summed E-state index contributed by atoms with van der Waals surface area (Å²) in [5.74, 6) is 2.15. The number of carbonyl (C=O) groups excluding carboxylic acids is 2. The van der Waals surface area contributed by atoms with E-state index >= 15 is 0 Å². The van der Waals surface area contributed by atoms with Gasteiger partial charge in [0.25, 0.3) is 0 Å². The minimum atomic E-state index is -0.478. The molecule has 7 heteroatoms. The highest BCUT2D eigenvalue weighted by Gasteiger charge is 2.31. The van der Waals surface area contributed by atoms with Crippen molar-refractivity contribution < 1.29 is 14.3 Å². The van der Waals surface area contributed by atoms with Gasteiger partial charge in [-0.1, -0.05) is 64.2 Å². The van der Waals surface area contributed by atoms with Gasteiger partial charge in [0, 0.05) is 24.0 Å². The number of amides is 1. The Morgan fingerprint density at radius 2 is 1.67 bits per heavy atom. The molecule has 0 spiro atoms. The Hall–Kier alpha value is -1.47. The molecule has 0 saturated heterocycles. The van der Waals surface area contributed by atoms with Crippen LogP contribution in [0.5, 0.6) is 0 Å². The van der Waals surface area contributed by atoms with Crippen LogP contribution in [0.3, 0.4) is 0 Å². The van der Waals surface area contributed by atoms with Crippen molar-refractivity contribution in [2.75, 3.05) is 11.9 Å². The summed E-state index contributed by atoms with van der Waals surface area (Å²) < 4.78 is 5.30. The maximum atomic E-state index is 12.7.